The summed E-state index contributed by atoms with van der Waals surface area (Å²) in [5, 5.41) is 6.30. The van der Waals surface area contributed by atoms with Gasteiger partial charge in [0.1, 0.15) is 17.2 Å². The minimum atomic E-state index is -0.346. The third kappa shape index (κ3) is 5.89. The molecule has 0 aliphatic carbocycles. The van der Waals surface area contributed by atoms with Gasteiger partial charge in [-0.25, -0.2) is 0 Å². The molecule has 6 heteroatoms. The van der Waals surface area contributed by atoms with Gasteiger partial charge in [0.2, 0.25) is 5.91 Å². The SMILES string of the molecule is COc1ccc(CCNC(=O)C(C)NC(C)c2cc(OC)ccc2OC)cc1. The van der Waals surface area contributed by atoms with E-state index in [4.69, 9.17) is 14.2 Å². The first-order valence-electron chi connectivity index (χ1n) is 9.37. The minimum absolute atomic E-state index is 0.0396. The predicted molar refractivity (Wildman–Crippen MR) is 110 cm³/mol. The van der Waals surface area contributed by atoms with Gasteiger partial charge in [-0.1, -0.05) is 12.1 Å². The van der Waals surface area contributed by atoms with E-state index in [-0.39, 0.29) is 18.0 Å². The van der Waals surface area contributed by atoms with Gasteiger partial charge < -0.3 is 19.5 Å². The number of methoxy groups -OCH3 is 3. The first-order chi connectivity index (χ1) is 13.5. The predicted octanol–water partition coefficient (Wildman–Crippen LogP) is 3.11. The lowest BCUT2D eigenvalue weighted by Gasteiger charge is -2.22. The normalized spacial score (nSPS) is 12.8. The van der Waals surface area contributed by atoms with E-state index in [2.05, 4.69) is 10.6 Å². The second-order valence-corrected chi connectivity index (χ2v) is 6.61. The fourth-order valence-corrected chi connectivity index (χ4v) is 2.99. The zero-order valence-electron chi connectivity index (χ0n) is 17.2. The highest BCUT2D eigenvalue weighted by Gasteiger charge is 2.19. The Labute approximate surface area is 167 Å². The van der Waals surface area contributed by atoms with Gasteiger partial charge in [0.05, 0.1) is 27.4 Å². The van der Waals surface area contributed by atoms with E-state index in [9.17, 15) is 4.79 Å². The second-order valence-electron chi connectivity index (χ2n) is 6.61. The average Bonchev–Trinajstić information content (AvgIpc) is 2.73. The van der Waals surface area contributed by atoms with Crippen molar-refractivity contribution in [2.24, 2.45) is 0 Å². The topological polar surface area (TPSA) is 68.8 Å². The fourth-order valence-electron chi connectivity index (χ4n) is 2.99. The molecule has 0 saturated heterocycles. The van der Waals surface area contributed by atoms with E-state index in [1.807, 2.05) is 56.3 Å². The number of amides is 1. The number of rotatable bonds is 10. The van der Waals surface area contributed by atoms with Crippen LogP contribution in [0.5, 0.6) is 17.2 Å². The number of hydrogen-bond acceptors (Lipinski definition) is 5. The van der Waals surface area contributed by atoms with Gasteiger partial charge in [-0.15, -0.1) is 0 Å². The molecule has 1 amide bonds. The van der Waals surface area contributed by atoms with Crippen LogP contribution in [-0.2, 0) is 11.2 Å². The lowest BCUT2D eigenvalue weighted by Crippen LogP contribution is -2.43. The van der Waals surface area contributed by atoms with Crippen LogP contribution in [0.4, 0.5) is 0 Å². The Bertz CT molecular complexity index is 762. The third-order valence-corrected chi connectivity index (χ3v) is 4.67. The Morgan fingerprint density at radius 2 is 1.57 bits per heavy atom. The molecule has 2 aromatic rings. The summed E-state index contributed by atoms with van der Waals surface area (Å²) < 4.78 is 15.9. The third-order valence-electron chi connectivity index (χ3n) is 4.67. The van der Waals surface area contributed by atoms with Crippen molar-refractivity contribution in [2.45, 2.75) is 32.4 Å². The Balaban J connectivity index is 1.87. The van der Waals surface area contributed by atoms with Crippen LogP contribution in [0.3, 0.4) is 0 Å². The molecule has 2 N–H and O–H groups in total. The largest absolute Gasteiger partial charge is 0.497 e. The van der Waals surface area contributed by atoms with Gasteiger partial charge in [-0.2, -0.15) is 0 Å². The molecule has 28 heavy (non-hydrogen) atoms. The van der Waals surface area contributed by atoms with Crippen molar-refractivity contribution in [3.8, 4) is 17.2 Å². The van der Waals surface area contributed by atoms with Crippen molar-refractivity contribution >= 4 is 5.91 Å². The van der Waals surface area contributed by atoms with Crippen LogP contribution in [0.25, 0.3) is 0 Å². The van der Waals surface area contributed by atoms with E-state index >= 15 is 0 Å². The maximum atomic E-state index is 12.4. The van der Waals surface area contributed by atoms with Crippen molar-refractivity contribution < 1.29 is 19.0 Å². The van der Waals surface area contributed by atoms with Crippen molar-refractivity contribution in [3.05, 3.63) is 53.6 Å². The number of hydrogen-bond donors (Lipinski definition) is 2. The number of carbonyl (C=O) groups is 1. The Hall–Kier alpha value is -2.73. The first-order valence-corrected chi connectivity index (χ1v) is 9.37. The molecule has 2 unspecified atom stereocenters. The molecule has 0 fully saturated rings. The molecule has 0 aliphatic rings. The van der Waals surface area contributed by atoms with Gasteiger partial charge in [-0.3, -0.25) is 10.1 Å². The summed E-state index contributed by atoms with van der Waals surface area (Å²) in [6.07, 6.45) is 0.766. The van der Waals surface area contributed by atoms with E-state index in [0.717, 1.165) is 34.8 Å². The molecule has 0 spiro atoms. The van der Waals surface area contributed by atoms with Crippen LogP contribution in [-0.4, -0.2) is 39.8 Å². The van der Waals surface area contributed by atoms with Crippen LogP contribution in [0.1, 0.15) is 31.0 Å². The van der Waals surface area contributed by atoms with E-state index in [0.29, 0.717) is 6.54 Å². The number of carbonyl (C=O) groups excluding carboxylic acids is 1. The summed E-state index contributed by atoms with van der Waals surface area (Å²) in [6, 6.07) is 13.1. The highest BCUT2D eigenvalue weighted by molar-refractivity contribution is 5.81. The van der Waals surface area contributed by atoms with Crippen molar-refractivity contribution in [1.29, 1.82) is 0 Å². The molecule has 0 saturated carbocycles. The molecule has 6 nitrogen and oxygen atoms in total. The molecule has 2 rings (SSSR count). The van der Waals surface area contributed by atoms with Crippen LogP contribution in [0.2, 0.25) is 0 Å². The average molecular weight is 386 g/mol. The van der Waals surface area contributed by atoms with Gasteiger partial charge in [0.15, 0.2) is 0 Å². The fraction of sp³-hybridized carbons (Fsp3) is 0.409. The highest BCUT2D eigenvalue weighted by Crippen LogP contribution is 2.29. The minimum Gasteiger partial charge on any atom is -0.497 e. The van der Waals surface area contributed by atoms with Crippen LogP contribution < -0.4 is 24.8 Å². The van der Waals surface area contributed by atoms with Crippen LogP contribution >= 0.6 is 0 Å². The smallest absolute Gasteiger partial charge is 0.236 e. The molecule has 152 valence electrons. The van der Waals surface area contributed by atoms with E-state index < -0.39 is 0 Å². The maximum Gasteiger partial charge on any atom is 0.236 e. The van der Waals surface area contributed by atoms with Gasteiger partial charge in [-0.05, 0) is 56.2 Å². The first kappa shape index (κ1) is 21.6. The summed E-state index contributed by atoms with van der Waals surface area (Å²) in [5.41, 5.74) is 2.09. The Kier molecular flexibility index (Phi) is 8.14. The van der Waals surface area contributed by atoms with E-state index in [1.54, 1.807) is 21.3 Å². The summed E-state index contributed by atoms with van der Waals surface area (Å²) in [5.74, 6) is 2.30. The highest BCUT2D eigenvalue weighted by atomic mass is 16.5. The molecule has 0 heterocycles. The second kappa shape index (κ2) is 10.6. The van der Waals surface area contributed by atoms with Crippen LogP contribution in [0, 0.1) is 0 Å². The summed E-state index contributed by atoms with van der Waals surface area (Å²) in [4.78, 5) is 12.4. The van der Waals surface area contributed by atoms with Gasteiger partial charge in [0.25, 0.3) is 0 Å². The summed E-state index contributed by atoms with van der Waals surface area (Å²) >= 11 is 0. The zero-order valence-corrected chi connectivity index (χ0v) is 17.2. The molecular weight excluding hydrogens is 356 g/mol. The molecule has 0 radical (unpaired) electrons. The van der Waals surface area contributed by atoms with Gasteiger partial charge in [0, 0.05) is 18.2 Å². The van der Waals surface area contributed by atoms with Crippen molar-refractivity contribution in [3.63, 3.8) is 0 Å². The van der Waals surface area contributed by atoms with Crippen molar-refractivity contribution in [1.82, 2.24) is 10.6 Å². The Morgan fingerprint density at radius 3 is 2.18 bits per heavy atom. The maximum absolute atomic E-state index is 12.4. The summed E-state index contributed by atoms with van der Waals surface area (Å²) in [7, 11) is 4.90. The molecule has 2 atom stereocenters. The molecule has 0 aromatic heterocycles. The quantitative estimate of drug-likeness (QED) is 0.657. The zero-order chi connectivity index (χ0) is 20.5. The molecule has 0 bridgehead atoms. The molecule has 0 aliphatic heterocycles. The number of nitrogens with one attached hydrogen (secondary N) is 2. The lowest BCUT2D eigenvalue weighted by molar-refractivity contribution is -0.122. The lowest BCUT2D eigenvalue weighted by atomic mass is 10.1. The Morgan fingerprint density at radius 1 is 0.929 bits per heavy atom. The summed E-state index contributed by atoms with van der Waals surface area (Å²) in [6.45, 7) is 4.43. The van der Waals surface area contributed by atoms with Crippen molar-refractivity contribution in [2.75, 3.05) is 27.9 Å². The standard InChI is InChI=1S/C22H30N2O4/c1-15(20-14-19(27-4)10-11-21(20)28-5)24-16(2)22(25)23-13-12-17-6-8-18(26-3)9-7-17/h6-11,14-16,24H,12-13H2,1-5H3,(H,23,25). The van der Waals surface area contributed by atoms with Gasteiger partial charge >= 0.3 is 0 Å². The van der Waals surface area contributed by atoms with E-state index in [1.165, 1.54) is 0 Å². The molecule has 2 aromatic carbocycles. The monoisotopic (exact) mass is 386 g/mol. The number of ether oxygens (including phenoxy) is 3. The molecular formula is C22H30N2O4. The van der Waals surface area contributed by atoms with Crippen LogP contribution in [0.15, 0.2) is 42.5 Å². The number of benzene rings is 2.